The van der Waals surface area contributed by atoms with Crippen molar-refractivity contribution in [2.45, 2.75) is 50.3 Å². The van der Waals surface area contributed by atoms with Crippen LogP contribution < -0.4 is 10.4 Å². The summed E-state index contributed by atoms with van der Waals surface area (Å²) in [5.41, 5.74) is 1.07. The van der Waals surface area contributed by atoms with Gasteiger partial charge >= 0.3 is 0 Å². The summed E-state index contributed by atoms with van der Waals surface area (Å²) >= 11 is 0. The average Bonchev–Trinajstić information content (AvgIpc) is 3.53. The van der Waals surface area contributed by atoms with Crippen molar-refractivity contribution in [3.63, 3.8) is 0 Å². The first-order valence-electron chi connectivity index (χ1n) is 13.7. The SMILES string of the molecule is CO[C@@H]1[C@H](O)[C@@H](CO[Si](c2ccccc2)(c2ccccc2)C(C)(C)C)O[C@H]1n1cnc2c(/N=C/N(C)C)ncnc21. The Morgan fingerprint density at radius 2 is 1.66 bits per heavy atom. The molecule has 5 rings (SSSR count). The van der Waals surface area contributed by atoms with E-state index in [1.165, 1.54) is 6.33 Å². The summed E-state index contributed by atoms with van der Waals surface area (Å²) in [7, 11) is 2.50. The standard InChI is InChI=1S/C30H38N6O4Si/c1-30(2,3)41(21-13-9-7-10-14-21,22-15-11-8-12-16-22)39-17-23-25(37)26(38-6)29(40-23)36-20-33-24-27(34-19-35(4)5)31-18-32-28(24)36/h7-16,18-20,23,25-26,29,37H,17H2,1-6H3/b34-19+/t23-,25-,26-,29-/m1/s1. The third-order valence-electron chi connectivity index (χ3n) is 7.49. The number of nitrogens with zero attached hydrogens (tertiary/aromatic N) is 6. The Kier molecular flexibility index (Phi) is 8.34. The van der Waals surface area contributed by atoms with E-state index in [1.54, 1.807) is 24.3 Å². The summed E-state index contributed by atoms with van der Waals surface area (Å²) in [5, 5.41) is 13.5. The van der Waals surface area contributed by atoms with Crippen molar-refractivity contribution in [3.8, 4) is 0 Å². The Hall–Kier alpha value is -3.48. The number of aromatic nitrogens is 4. The van der Waals surface area contributed by atoms with E-state index in [4.69, 9.17) is 13.9 Å². The van der Waals surface area contributed by atoms with Crippen LogP contribution in [0.4, 0.5) is 5.82 Å². The topological polar surface area (TPSA) is 107 Å². The molecule has 1 saturated heterocycles. The molecule has 10 nitrogen and oxygen atoms in total. The average molecular weight is 575 g/mol. The van der Waals surface area contributed by atoms with E-state index in [9.17, 15) is 5.11 Å². The highest BCUT2D eigenvalue weighted by molar-refractivity contribution is 6.99. The van der Waals surface area contributed by atoms with Crippen LogP contribution in [0, 0.1) is 0 Å². The molecule has 0 spiro atoms. The van der Waals surface area contributed by atoms with Gasteiger partial charge in [-0.25, -0.2) is 19.9 Å². The lowest BCUT2D eigenvalue weighted by molar-refractivity contribution is -0.0567. The Bertz CT molecular complexity index is 1440. The van der Waals surface area contributed by atoms with Crippen LogP contribution in [-0.2, 0) is 13.9 Å². The molecule has 0 saturated carbocycles. The summed E-state index contributed by atoms with van der Waals surface area (Å²) in [6.45, 7) is 6.85. The number of aliphatic hydroxyl groups excluding tert-OH is 1. The normalized spacial score (nSPS) is 21.6. The minimum atomic E-state index is -2.83. The minimum absolute atomic E-state index is 0.185. The molecule has 1 aliphatic heterocycles. The van der Waals surface area contributed by atoms with Gasteiger partial charge in [0.1, 0.15) is 24.6 Å². The second kappa shape index (κ2) is 11.8. The first-order valence-corrected chi connectivity index (χ1v) is 15.6. The largest absolute Gasteiger partial charge is 0.405 e. The third-order valence-corrected chi connectivity index (χ3v) is 12.5. The number of benzene rings is 2. The molecule has 1 fully saturated rings. The fourth-order valence-corrected chi connectivity index (χ4v) is 10.2. The van der Waals surface area contributed by atoms with Crippen LogP contribution in [0.25, 0.3) is 11.2 Å². The zero-order valence-corrected chi connectivity index (χ0v) is 25.4. The van der Waals surface area contributed by atoms with Gasteiger partial charge in [-0.3, -0.25) is 4.57 Å². The Balaban J connectivity index is 1.48. The zero-order valence-electron chi connectivity index (χ0n) is 24.4. The van der Waals surface area contributed by atoms with Crippen molar-refractivity contribution in [3.05, 3.63) is 73.3 Å². The van der Waals surface area contributed by atoms with Gasteiger partial charge in [0, 0.05) is 21.2 Å². The highest BCUT2D eigenvalue weighted by Gasteiger charge is 2.52. The second-order valence-corrected chi connectivity index (χ2v) is 15.8. The van der Waals surface area contributed by atoms with E-state index in [-0.39, 0.29) is 11.6 Å². The molecule has 1 N–H and O–H groups in total. The first kappa shape index (κ1) is 29.0. The van der Waals surface area contributed by atoms with Gasteiger partial charge in [-0.05, 0) is 15.4 Å². The zero-order chi connectivity index (χ0) is 29.2. The summed E-state index contributed by atoms with van der Waals surface area (Å²) in [6.07, 6.45) is 1.82. The molecular formula is C30H38N6O4Si. The number of hydrogen-bond donors (Lipinski definition) is 1. The molecule has 4 aromatic rings. The Morgan fingerprint density at radius 3 is 2.22 bits per heavy atom. The summed E-state index contributed by atoms with van der Waals surface area (Å²) in [4.78, 5) is 19.5. The van der Waals surface area contributed by atoms with Gasteiger partial charge in [-0.2, -0.15) is 0 Å². The molecular weight excluding hydrogens is 536 g/mol. The molecule has 4 atom stereocenters. The van der Waals surface area contributed by atoms with Crippen LogP contribution in [0.15, 0.2) is 78.3 Å². The van der Waals surface area contributed by atoms with Gasteiger partial charge in [0.05, 0.1) is 19.3 Å². The van der Waals surface area contributed by atoms with Gasteiger partial charge in [-0.1, -0.05) is 81.4 Å². The Labute approximate surface area is 241 Å². The van der Waals surface area contributed by atoms with Crippen molar-refractivity contribution >= 4 is 42.0 Å². The maximum atomic E-state index is 11.4. The predicted octanol–water partition coefficient (Wildman–Crippen LogP) is 2.90. The van der Waals surface area contributed by atoms with E-state index < -0.39 is 32.9 Å². The van der Waals surface area contributed by atoms with Crippen molar-refractivity contribution in [1.29, 1.82) is 0 Å². The third kappa shape index (κ3) is 5.43. The molecule has 0 amide bonds. The molecule has 0 unspecified atom stereocenters. The van der Waals surface area contributed by atoms with Crippen LogP contribution >= 0.6 is 0 Å². The number of methoxy groups -OCH3 is 1. The van der Waals surface area contributed by atoms with Gasteiger partial charge in [0.15, 0.2) is 23.2 Å². The molecule has 2 aromatic heterocycles. The van der Waals surface area contributed by atoms with E-state index in [1.807, 2.05) is 31.1 Å². The molecule has 3 heterocycles. The maximum Gasteiger partial charge on any atom is 0.261 e. The minimum Gasteiger partial charge on any atom is -0.405 e. The molecule has 0 aliphatic carbocycles. The van der Waals surface area contributed by atoms with Crippen molar-refractivity contribution in [1.82, 2.24) is 24.4 Å². The van der Waals surface area contributed by atoms with Crippen LogP contribution in [0.5, 0.6) is 0 Å². The quantitative estimate of drug-likeness (QED) is 0.185. The number of ether oxygens (including phenoxy) is 2. The lowest BCUT2D eigenvalue weighted by Crippen LogP contribution is -2.67. The van der Waals surface area contributed by atoms with E-state index >= 15 is 0 Å². The summed E-state index contributed by atoms with van der Waals surface area (Å²) in [6, 6.07) is 20.8. The first-order chi connectivity index (χ1) is 19.7. The number of rotatable bonds is 9. The predicted molar refractivity (Wildman–Crippen MR) is 161 cm³/mol. The summed E-state index contributed by atoms with van der Waals surface area (Å²) < 4.78 is 21.1. The smallest absolute Gasteiger partial charge is 0.261 e. The molecule has 216 valence electrons. The van der Waals surface area contributed by atoms with E-state index in [0.29, 0.717) is 17.0 Å². The highest BCUT2D eigenvalue weighted by Crippen LogP contribution is 2.39. The van der Waals surface area contributed by atoms with Crippen LogP contribution in [-0.4, -0.2) is 90.3 Å². The summed E-state index contributed by atoms with van der Waals surface area (Å²) in [5.74, 6) is 0.446. The van der Waals surface area contributed by atoms with Crippen LogP contribution in [0.3, 0.4) is 0 Å². The number of aliphatic hydroxyl groups is 1. The van der Waals surface area contributed by atoms with Gasteiger partial charge in [-0.15, -0.1) is 0 Å². The van der Waals surface area contributed by atoms with Crippen molar-refractivity contribution in [2.75, 3.05) is 27.8 Å². The van der Waals surface area contributed by atoms with Crippen molar-refractivity contribution in [2.24, 2.45) is 4.99 Å². The molecule has 0 radical (unpaired) electrons. The number of imidazole rings is 1. The van der Waals surface area contributed by atoms with Gasteiger partial charge in [0.2, 0.25) is 0 Å². The number of hydrogen-bond acceptors (Lipinski definition) is 8. The number of fused-ring (bicyclic) bond motifs is 1. The molecule has 0 bridgehead atoms. The van der Waals surface area contributed by atoms with Crippen LogP contribution in [0.2, 0.25) is 5.04 Å². The highest BCUT2D eigenvalue weighted by atomic mass is 28.4. The fraction of sp³-hybridized carbons (Fsp3) is 0.400. The fourth-order valence-electron chi connectivity index (χ4n) is 5.59. The van der Waals surface area contributed by atoms with E-state index in [0.717, 1.165) is 10.4 Å². The maximum absolute atomic E-state index is 11.4. The number of aliphatic imine (C=N–C) groups is 1. The van der Waals surface area contributed by atoms with Crippen molar-refractivity contribution < 1.29 is 19.0 Å². The lowest BCUT2D eigenvalue weighted by atomic mass is 10.1. The lowest BCUT2D eigenvalue weighted by Gasteiger charge is -2.43. The molecule has 11 heteroatoms. The Morgan fingerprint density at radius 1 is 1.02 bits per heavy atom. The molecule has 41 heavy (non-hydrogen) atoms. The second-order valence-electron chi connectivity index (χ2n) is 11.5. The van der Waals surface area contributed by atoms with E-state index in [2.05, 4.69) is 89.2 Å². The monoisotopic (exact) mass is 574 g/mol. The molecule has 1 aliphatic rings. The molecule has 2 aromatic carbocycles. The van der Waals surface area contributed by atoms with Crippen LogP contribution in [0.1, 0.15) is 27.0 Å². The van der Waals surface area contributed by atoms with Gasteiger partial charge < -0.3 is 23.9 Å². The van der Waals surface area contributed by atoms with Gasteiger partial charge in [0.25, 0.3) is 8.32 Å².